The lowest BCUT2D eigenvalue weighted by molar-refractivity contribution is -0.153. The summed E-state index contributed by atoms with van der Waals surface area (Å²) >= 11 is 5.99. The number of esters is 1. The van der Waals surface area contributed by atoms with Crippen molar-refractivity contribution in [2.45, 2.75) is 39.7 Å². The molecule has 2 aromatic rings. The molecule has 8 heteroatoms. The molecule has 1 aromatic carbocycles. The number of hydrogen-bond donors (Lipinski definition) is 2. The fourth-order valence-corrected chi connectivity index (χ4v) is 2.94. The van der Waals surface area contributed by atoms with E-state index in [-0.39, 0.29) is 18.4 Å². The first-order valence-electron chi connectivity index (χ1n) is 8.62. The molecule has 1 atom stereocenters. The number of aryl methyl sites for hydroxylation is 1. The number of aromatic nitrogens is 1. The number of para-hydroxylation sites is 1. The van der Waals surface area contributed by atoms with Crippen LogP contribution in [0.25, 0.3) is 0 Å². The zero-order valence-corrected chi connectivity index (χ0v) is 16.5. The molecule has 7 nitrogen and oxygen atoms in total. The largest absolute Gasteiger partial charge is 0.453 e. The molecule has 1 amide bonds. The lowest BCUT2D eigenvalue weighted by atomic mass is 9.99. The molecule has 2 N–H and O–H groups in total. The Morgan fingerprint density at radius 2 is 2.00 bits per heavy atom. The van der Waals surface area contributed by atoms with Gasteiger partial charge in [0.1, 0.15) is 11.6 Å². The standard InChI is InChI=1S/C20H20ClN3O4/c1-11-14(12(2)23-20(27)15(11)10-22)8-9-18(25)28-13(3)19(26)24-17-7-5-4-6-16(17)21/h4-7,13H,8-9H2,1-3H3,(H,23,27)(H,24,26)/t13-/m0/s1. The number of amides is 1. The fourth-order valence-electron chi connectivity index (χ4n) is 2.75. The number of H-pyrrole nitrogens is 1. The van der Waals surface area contributed by atoms with Gasteiger partial charge in [-0.2, -0.15) is 5.26 Å². The number of rotatable bonds is 6. The Hall–Kier alpha value is -3.11. The van der Waals surface area contributed by atoms with Crippen LogP contribution in [0.15, 0.2) is 29.1 Å². The van der Waals surface area contributed by atoms with Crippen LogP contribution in [0.2, 0.25) is 5.02 Å². The summed E-state index contributed by atoms with van der Waals surface area (Å²) in [6.07, 6.45) is -0.723. The van der Waals surface area contributed by atoms with Crippen LogP contribution in [0.1, 0.15) is 35.7 Å². The molecule has 2 rings (SSSR count). The lowest BCUT2D eigenvalue weighted by Gasteiger charge is -2.15. The average molecular weight is 402 g/mol. The minimum Gasteiger partial charge on any atom is -0.453 e. The van der Waals surface area contributed by atoms with Crippen LogP contribution in [0, 0.1) is 25.2 Å². The van der Waals surface area contributed by atoms with Gasteiger partial charge in [-0.25, -0.2) is 0 Å². The van der Waals surface area contributed by atoms with Gasteiger partial charge in [0.15, 0.2) is 6.10 Å². The second-order valence-electron chi connectivity index (χ2n) is 6.27. The maximum Gasteiger partial charge on any atom is 0.306 e. The molecule has 0 aliphatic carbocycles. The number of carbonyl (C=O) groups is 2. The van der Waals surface area contributed by atoms with Gasteiger partial charge in [-0.15, -0.1) is 0 Å². The molecule has 28 heavy (non-hydrogen) atoms. The number of hydrogen-bond acceptors (Lipinski definition) is 5. The summed E-state index contributed by atoms with van der Waals surface area (Å²) in [6.45, 7) is 4.84. The fraction of sp³-hybridized carbons (Fsp3) is 0.300. The van der Waals surface area contributed by atoms with Crippen LogP contribution in [-0.4, -0.2) is 23.0 Å². The number of halogens is 1. The van der Waals surface area contributed by atoms with E-state index in [2.05, 4.69) is 10.3 Å². The summed E-state index contributed by atoms with van der Waals surface area (Å²) in [7, 11) is 0. The van der Waals surface area contributed by atoms with Gasteiger partial charge in [-0.1, -0.05) is 23.7 Å². The molecule has 0 bridgehead atoms. The molecule has 0 fully saturated rings. The maximum absolute atomic E-state index is 12.2. The van der Waals surface area contributed by atoms with Crippen molar-refractivity contribution in [1.82, 2.24) is 4.98 Å². The van der Waals surface area contributed by atoms with E-state index >= 15 is 0 Å². The van der Waals surface area contributed by atoms with Gasteiger partial charge >= 0.3 is 5.97 Å². The summed E-state index contributed by atoms with van der Waals surface area (Å²) in [6, 6.07) is 8.61. The number of carbonyl (C=O) groups excluding carboxylic acids is 2. The number of nitriles is 1. The zero-order chi connectivity index (χ0) is 20.8. The summed E-state index contributed by atoms with van der Waals surface area (Å²) in [5.74, 6) is -1.06. The summed E-state index contributed by atoms with van der Waals surface area (Å²) < 4.78 is 5.17. The Bertz CT molecular complexity index is 1010. The number of pyridine rings is 1. The Kier molecular flexibility index (Phi) is 6.96. The van der Waals surface area contributed by atoms with E-state index in [0.717, 1.165) is 0 Å². The van der Waals surface area contributed by atoms with Crippen molar-refractivity contribution in [2.75, 3.05) is 5.32 Å². The third-order valence-electron chi connectivity index (χ3n) is 4.31. The molecule has 0 unspecified atom stereocenters. The molecule has 1 heterocycles. The first kappa shape index (κ1) is 21.2. The first-order valence-corrected chi connectivity index (χ1v) is 8.99. The van der Waals surface area contributed by atoms with Gasteiger partial charge in [0.05, 0.1) is 10.7 Å². The molecule has 146 valence electrons. The number of benzene rings is 1. The smallest absolute Gasteiger partial charge is 0.306 e. The van der Waals surface area contributed by atoms with Crippen molar-refractivity contribution < 1.29 is 14.3 Å². The van der Waals surface area contributed by atoms with Crippen LogP contribution in [0.3, 0.4) is 0 Å². The number of nitrogens with one attached hydrogen (secondary N) is 2. The Labute approximate surface area is 167 Å². The van der Waals surface area contributed by atoms with Crippen LogP contribution < -0.4 is 10.9 Å². The van der Waals surface area contributed by atoms with E-state index < -0.39 is 23.5 Å². The van der Waals surface area contributed by atoms with Gasteiger partial charge in [-0.3, -0.25) is 14.4 Å². The predicted molar refractivity (Wildman–Crippen MR) is 105 cm³/mol. The van der Waals surface area contributed by atoms with Gasteiger partial charge in [0.2, 0.25) is 0 Å². The van der Waals surface area contributed by atoms with Crippen molar-refractivity contribution in [2.24, 2.45) is 0 Å². The number of nitrogens with zero attached hydrogens (tertiary/aromatic N) is 1. The molecule has 0 saturated heterocycles. The normalized spacial score (nSPS) is 11.4. The minimum atomic E-state index is -1.00. The van der Waals surface area contributed by atoms with Crippen LogP contribution >= 0.6 is 11.6 Å². The van der Waals surface area contributed by atoms with E-state index in [1.807, 2.05) is 6.07 Å². The molecular weight excluding hydrogens is 382 g/mol. The number of anilines is 1. The summed E-state index contributed by atoms with van der Waals surface area (Å²) in [5.41, 5.74) is 1.86. The highest BCUT2D eigenvalue weighted by Gasteiger charge is 2.20. The van der Waals surface area contributed by atoms with Gasteiger partial charge < -0.3 is 15.0 Å². The molecule has 0 aliphatic rings. The van der Waals surface area contributed by atoms with Crippen molar-refractivity contribution in [3.8, 4) is 6.07 Å². The monoisotopic (exact) mass is 401 g/mol. The number of ether oxygens (including phenoxy) is 1. The molecule has 0 saturated carbocycles. The van der Waals surface area contributed by atoms with Crippen LogP contribution in [0.5, 0.6) is 0 Å². The zero-order valence-electron chi connectivity index (χ0n) is 15.8. The van der Waals surface area contributed by atoms with Crippen molar-refractivity contribution in [3.05, 3.63) is 62.0 Å². The van der Waals surface area contributed by atoms with E-state index in [1.54, 1.807) is 38.1 Å². The maximum atomic E-state index is 12.2. The third-order valence-corrected chi connectivity index (χ3v) is 4.64. The van der Waals surface area contributed by atoms with Gasteiger partial charge in [-0.05, 0) is 50.5 Å². The van der Waals surface area contributed by atoms with Crippen molar-refractivity contribution in [1.29, 1.82) is 5.26 Å². The molecule has 0 aliphatic heterocycles. The average Bonchev–Trinajstić information content (AvgIpc) is 2.63. The highest BCUT2D eigenvalue weighted by molar-refractivity contribution is 6.33. The number of aromatic amines is 1. The second-order valence-corrected chi connectivity index (χ2v) is 6.68. The highest BCUT2D eigenvalue weighted by atomic mass is 35.5. The molecule has 0 spiro atoms. The van der Waals surface area contributed by atoms with Crippen LogP contribution in [0.4, 0.5) is 5.69 Å². The van der Waals surface area contributed by atoms with E-state index in [4.69, 9.17) is 21.6 Å². The van der Waals surface area contributed by atoms with Crippen LogP contribution in [-0.2, 0) is 20.7 Å². The topological polar surface area (TPSA) is 112 Å². The Morgan fingerprint density at radius 1 is 1.32 bits per heavy atom. The minimum absolute atomic E-state index is 0.00229. The SMILES string of the molecule is Cc1[nH]c(=O)c(C#N)c(C)c1CCC(=O)O[C@@H](C)C(=O)Nc1ccccc1Cl. The van der Waals surface area contributed by atoms with Gasteiger partial charge in [0, 0.05) is 12.1 Å². The third kappa shape index (κ3) is 4.99. The Balaban J connectivity index is 1.98. The summed E-state index contributed by atoms with van der Waals surface area (Å²) in [4.78, 5) is 38.7. The second kappa shape index (κ2) is 9.20. The van der Waals surface area contributed by atoms with E-state index in [1.165, 1.54) is 6.92 Å². The molecule has 1 aromatic heterocycles. The summed E-state index contributed by atoms with van der Waals surface area (Å²) in [5, 5.41) is 12.1. The Morgan fingerprint density at radius 3 is 2.64 bits per heavy atom. The molecular formula is C20H20ClN3O4. The molecule has 0 radical (unpaired) electrons. The van der Waals surface area contributed by atoms with Gasteiger partial charge in [0.25, 0.3) is 11.5 Å². The lowest BCUT2D eigenvalue weighted by Crippen LogP contribution is -2.30. The van der Waals surface area contributed by atoms with Crippen molar-refractivity contribution in [3.63, 3.8) is 0 Å². The highest BCUT2D eigenvalue weighted by Crippen LogP contribution is 2.21. The first-order chi connectivity index (χ1) is 13.2. The quantitative estimate of drug-likeness (QED) is 0.722. The predicted octanol–water partition coefficient (Wildman–Crippen LogP) is 3.02. The van der Waals surface area contributed by atoms with E-state index in [0.29, 0.717) is 27.5 Å². The van der Waals surface area contributed by atoms with E-state index in [9.17, 15) is 14.4 Å². The van der Waals surface area contributed by atoms with Crippen molar-refractivity contribution >= 4 is 29.2 Å².